The van der Waals surface area contributed by atoms with Crippen LogP contribution in [0.25, 0.3) is 0 Å². The minimum Gasteiger partial charge on any atom is -0.332 e. The number of hydrogen-bond donors (Lipinski definition) is 1. The number of anilines is 1. The number of hydrogen-bond acceptors (Lipinski definition) is 2. The number of amides is 2. The summed E-state index contributed by atoms with van der Waals surface area (Å²) in [5.74, 6) is -1.18. The molecule has 120 valence electrons. The fraction of sp³-hybridized carbons (Fsp3) is 0.125. The molecule has 4 nitrogen and oxygen atoms in total. The summed E-state index contributed by atoms with van der Waals surface area (Å²) in [5.41, 5.74) is 0.739. The molecule has 23 heavy (non-hydrogen) atoms. The van der Waals surface area contributed by atoms with Crippen molar-refractivity contribution in [2.75, 3.05) is 18.9 Å². The molecule has 2 aromatic rings. The van der Waals surface area contributed by atoms with Gasteiger partial charge in [0.2, 0.25) is 5.91 Å². The van der Waals surface area contributed by atoms with Crippen molar-refractivity contribution in [2.24, 2.45) is 0 Å². The monoisotopic (exact) mass is 354 g/mol. The zero-order chi connectivity index (χ0) is 17.0. The molecule has 0 aromatic heterocycles. The fourth-order valence-corrected chi connectivity index (χ4v) is 2.44. The summed E-state index contributed by atoms with van der Waals surface area (Å²) >= 11 is 11.7. The summed E-state index contributed by atoms with van der Waals surface area (Å²) in [5, 5.41) is 3.25. The van der Waals surface area contributed by atoms with Crippen LogP contribution in [0, 0.1) is 5.82 Å². The van der Waals surface area contributed by atoms with Crippen LogP contribution in [0.1, 0.15) is 10.4 Å². The van der Waals surface area contributed by atoms with Crippen molar-refractivity contribution in [2.45, 2.75) is 0 Å². The van der Waals surface area contributed by atoms with Gasteiger partial charge in [0.05, 0.1) is 6.54 Å². The van der Waals surface area contributed by atoms with E-state index in [-0.39, 0.29) is 12.5 Å². The summed E-state index contributed by atoms with van der Waals surface area (Å²) in [6.45, 7) is -0.166. The summed E-state index contributed by atoms with van der Waals surface area (Å²) in [6, 6.07) is 9.81. The van der Waals surface area contributed by atoms with Crippen molar-refractivity contribution >= 4 is 40.7 Å². The first-order valence-electron chi connectivity index (χ1n) is 6.62. The van der Waals surface area contributed by atoms with Crippen LogP contribution in [-0.4, -0.2) is 30.3 Å². The van der Waals surface area contributed by atoms with Gasteiger partial charge in [0.1, 0.15) is 5.82 Å². The van der Waals surface area contributed by atoms with E-state index in [0.717, 1.165) is 0 Å². The van der Waals surface area contributed by atoms with Gasteiger partial charge in [-0.15, -0.1) is 0 Å². The normalized spacial score (nSPS) is 10.3. The van der Waals surface area contributed by atoms with E-state index in [4.69, 9.17) is 23.2 Å². The van der Waals surface area contributed by atoms with Crippen molar-refractivity contribution < 1.29 is 14.0 Å². The van der Waals surface area contributed by atoms with Crippen LogP contribution in [-0.2, 0) is 4.79 Å². The van der Waals surface area contributed by atoms with Crippen molar-refractivity contribution in [3.8, 4) is 0 Å². The quantitative estimate of drug-likeness (QED) is 0.906. The first-order valence-corrected chi connectivity index (χ1v) is 7.38. The number of nitrogens with one attached hydrogen (secondary N) is 1. The van der Waals surface area contributed by atoms with E-state index in [1.807, 2.05) is 0 Å². The molecule has 0 saturated carbocycles. The van der Waals surface area contributed by atoms with Gasteiger partial charge in [0.15, 0.2) is 0 Å². The van der Waals surface area contributed by atoms with E-state index in [1.54, 1.807) is 0 Å². The Balaban J connectivity index is 1.99. The maximum Gasteiger partial charge on any atom is 0.254 e. The van der Waals surface area contributed by atoms with Gasteiger partial charge >= 0.3 is 0 Å². The van der Waals surface area contributed by atoms with Gasteiger partial charge in [0, 0.05) is 28.3 Å². The summed E-state index contributed by atoms with van der Waals surface area (Å²) in [6.07, 6.45) is 0. The highest BCUT2D eigenvalue weighted by Gasteiger charge is 2.16. The molecule has 0 fully saturated rings. The van der Waals surface area contributed by atoms with Crippen LogP contribution in [0.15, 0.2) is 42.5 Å². The highest BCUT2D eigenvalue weighted by Crippen LogP contribution is 2.20. The van der Waals surface area contributed by atoms with Crippen LogP contribution < -0.4 is 5.32 Å². The smallest absolute Gasteiger partial charge is 0.254 e. The number of likely N-dealkylation sites (N-methyl/N-ethyl adjacent to an activating group) is 1. The van der Waals surface area contributed by atoms with Crippen LogP contribution in [0.2, 0.25) is 10.0 Å². The number of halogens is 3. The number of carbonyl (C=O) groups excluding carboxylic acids is 2. The van der Waals surface area contributed by atoms with Gasteiger partial charge in [-0.05, 0) is 42.5 Å². The highest BCUT2D eigenvalue weighted by atomic mass is 35.5. The summed E-state index contributed by atoms with van der Waals surface area (Å²) in [4.78, 5) is 25.4. The van der Waals surface area contributed by atoms with Crippen molar-refractivity contribution in [1.82, 2.24) is 4.90 Å². The predicted octanol–water partition coefficient (Wildman–Crippen LogP) is 3.84. The largest absolute Gasteiger partial charge is 0.332 e. The molecule has 0 aliphatic heterocycles. The van der Waals surface area contributed by atoms with Gasteiger partial charge < -0.3 is 10.2 Å². The van der Waals surface area contributed by atoms with Crippen LogP contribution in [0.3, 0.4) is 0 Å². The molecule has 0 heterocycles. The lowest BCUT2D eigenvalue weighted by Crippen LogP contribution is -2.34. The third-order valence-electron chi connectivity index (χ3n) is 2.96. The molecule has 0 bridgehead atoms. The fourth-order valence-electron chi connectivity index (χ4n) is 1.92. The van der Waals surface area contributed by atoms with E-state index in [0.29, 0.717) is 21.3 Å². The molecule has 2 aromatic carbocycles. The molecular weight excluding hydrogens is 342 g/mol. The van der Waals surface area contributed by atoms with Gasteiger partial charge in [-0.2, -0.15) is 0 Å². The lowest BCUT2D eigenvalue weighted by Gasteiger charge is -2.17. The molecule has 0 spiro atoms. The highest BCUT2D eigenvalue weighted by molar-refractivity contribution is 6.35. The second kappa shape index (κ2) is 7.44. The molecule has 0 unspecified atom stereocenters. The summed E-state index contributed by atoms with van der Waals surface area (Å²) in [7, 11) is 1.49. The Bertz CT molecular complexity index is 715. The van der Waals surface area contributed by atoms with E-state index in [9.17, 15) is 14.0 Å². The van der Waals surface area contributed by atoms with Crippen molar-refractivity contribution in [3.63, 3.8) is 0 Å². The Morgan fingerprint density at radius 3 is 2.22 bits per heavy atom. The predicted molar refractivity (Wildman–Crippen MR) is 88.5 cm³/mol. The van der Waals surface area contributed by atoms with Crippen LogP contribution >= 0.6 is 23.2 Å². The molecule has 7 heteroatoms. The van der Waals surface area contributed by atoms with E-state index >= 15 is 0 Å². The van der Waals surface area contributed by atoms with Gasteiger partial charge in [0.25, 0.3) is 5.91 Å². The molecule has 0 aliphatic carbocycles. The first-order chi connectivity index (χ1) is 10.8. The van der Waals surface area contributed by atoms with E-state index in [2.05, 4.69) is 5.32 Å². The van der Waals surface area contributed by atoms with E-state index < -0.39 is 11.7 Å². The van der Waals surface area contributed by atoms with Gasteiger partial charge in [-0.1, -0.05) is 23.2 Å². The Morgan fingerprint density at radius 1 is 1.09 bits per heavy atom. The third-order valence-corrected chi connectivity index (χ3v) is 3.40. The topological polar surface area (TPSA) is 49.4 Å². The minimum atomic E-state index is -0.402. The van der Waals surface area contributed by atoms with Crippen molar-refractivity contribution in [3.05, 3.63) is 63.9 Å². The average Bonchev–Trinajstić information content (AvgIpc) is 2.47. The second-order valence-electron chi connectivity index (χ2n) is 4.87. The Morgan fingerprint density at radius 2 is 1.65 bits per heavy atom. The second-order valence-corrected chi connectivity index (χ2v) is 5.75. The molecule has 2 rings (SSSR count). The molecule has 0 radical (unpaired) electrons. The molecule has 0 saturated heterocycles. The lowest BCUT2D eigenvalue weighted by molar-refractivity contribution is -0.116. The molecular formula is C16H13Cl2FN2O2. The Kier molecular flexibility index (Phi) is 5.58. The number of nitrogens with zero attached hydrogens (tertiary/aromatic N) is 1. The van der Waals surface area contributed by atoms with Gasteiger partial charge in [-0.25, -0.2) is 4.39 Å². The first kappa shape index (κ1) is 17.2. The molecule has 1 N–H and O–H groups in total. The molecule has 2 amide bonds. The SMILES string of the molecule is CN(CC(=O)Nc1ccc(F)cc1)C(=O)c1cc(Cl)cc(Cl)c1. The number of benzene rings is 2. The van der Waals surface area contributed by atoms with E-state index in [1.165, 1.54) is 54.4 Å². The number of rotatable bonds is 4. The maximum absolute atomic E-state index is 12.8. The molecule has 0 atom stereocenters. The minimum absolute atomic E-state index is 0.166. The number of carbonyl (C=O) groups is 2. The zero-order valence-electron chi connectivity index (χ0n) is 12.1. The molecule has 0 aliphatic rings. The maximum atomic E-state index is 12.8. The Labute approximate surface area is 142 Å². The van der Waals surface area contributed by atoms with Crippen LogP contribution in [0.4, 0.5) is 10.1 Å². The third kappa shape index (κ3) is 4.94. The van der Waals surface area contributed by atoms with Gasteiger partial charge in [-0.3, -0.25) is 9.59 Å². The van der Waals surface area contributed by atoms with Crippen LogP contribution in [0.5, 0.6) is 0 Å². The summed E-state index contributed by atoms with van der Waals surface area (Å²) < 4.78 is 12.8. The standard InChI is InChI=1S/C16H13Cl2FN2O2/c1-21(16(23)10-6-11(17)8-12(18)7-10)9-15(22)20-14-4-2-13(19)3-5-14/h2-8H,9H2,1H3,(H,20,22). The zero-order valence-corrected chi connectivity index (χ0v) is 13.7. The van der Waals surface area contributed by atoms with Crippen molar-refractivity contribution in [1.29, 1.82) is 0 Å². The lowest BCUT2D eigenvalue weighted by atomic mass is 10.2. The average molecular weight is 355 g/mol. The Hall–Kier alpha value is -2.11.